The second-order valence-corrected chi connectivity index (χ2v) is 11.4. The van der Waals surface area contributed by atoms with Crippen LogP contribution in [-0.4, -0.2) is 35.5 Å². The van der Waals surface area contributed by atoms with Crippen molar-refractivity contribution in [2.24, 2.45) is 40.4 Å². The molecule has 4 saturated carbocycles. The van der Waals surface area contributed by atoms with E-state index in [1.54, 1.807) is 7.11 Å². The summed E-state index contributed by atoms with van der Waals surface area (Å²) < 4.78 is 5.33. The molecule has 0 aromatic carbocycles. The van der Waals surface area contributed by atoms with Crippen molar-refractivity contribution < 1.29 is 14.6 Å². The van der Waals surface area contributed by atoms with Crippen LogP contribution in [0.3, 0.4) is 0 Å². The first-order valence-electron chi connectivity index (χ1n) is 11.1. The number of fused-ring (bicyclic) bond motifs is 5. The van der Waals surface area contributed by atoms with Crippen LogP contribution in [-0.2, 0) is 9.53 Å². The molecule has 1 unspecified atom stereocenters. The van der Waals surface area contributed by atoms with Crippen LogP contribution in [0.2, 0.25) is 0 Å². The molecule has 0 aromatic rings. The van der Waals surface area contributed by atoms with E-state index in [1.165, 1.54) is 32.1 Å². The Morgan fingerprint density at radius 3 is 2.48 bits per heavy atom. The SMILES string of the molecule is COCC1(O)CC[C@@]2(C)[C@H](CC[C@@H]3[C@@H]2CC[C@]2(C)[C@@H](C(=O)CBr)CC[C@@H]32)C1. The number of methoxy groups -OCH3 is 1. The number of rotatable bonds is 4. The van der Waals surface area contributed by atoms with E-state index in [9.17, 15) is 9.90 Å². The molecule has 0 spiro atoms. The molecule has 4 rings (SSSR count). The number of hydrogen-bond acceptors (Lipinski definition) is 3. The van der Waals surface area contributed by atoms with Gasteiger partial charge in [0.15, 0.2) is 0 Å². The smallest absolute Gasteiger partial charge is 0.147 e. The van der Waals surface area contributed by atoms with Crippen molar-refractivity contribution in [3.63, 3.8) is 0 Å². The summed E-state index contributed by atoms with van der Waals surface area (Å²) in [7, 11) is 1.70. The van der Waals surface area contributed by atoms with Crippen LogP contribution in [0.4, 0.5) is 0 Å². The van der Waals surface area contributed by atoms with Crippen molar-refractivity contribution in [1.29, 1.82) is 0 Å². The Labute approximate surface area is 173 Å². The summed E-state index contributed by atoms with van der Waals surface area (Å²) in [6.07, 6.45) is 10.3. The summed E-state index contributed by atoms with van der Waals surface area (Å²) in [4.78, 5) is 12.6. The molecule has 4 fully saturated rings. The quantitative estimate of drug-likeness (QED) is 0.626. The molecule has 0 aliphatic heterocycles. The average molecular weight is 441 g/mol. The van der Waals surface area contributed by atoms with Gasteiger partial charge in [0.2, 0.25) is 0 Å². The number of Topliss-reactive ketones (excluding diaryl/α,β-unsaturated/α-hetero) is 1. The Morgan fingerprint density at radius 1 is 1.04 bits per heavy atom. The van der Waals surface area contributed by atoms with E-state index in [0.717, 1.165) is 43.4 Å². The number of alkyl halides is 1. The highest BCUT2D eigenvalue weighted by atomic mass is 79.9. The molecule has 4 heteroatoms. The highest BCUT2D eigenvalue weighted by Crippen LogP contribution is 2.68. The number of carbonyl (C=O) groups is 1. The number of carbonyl (C=O) groups excluding carboxylic acids is 1. The molecule has 0 radical (unpaired) electrons. The zero-order chi connectivity index (χ0) is 19.4. The van der Waals surface area contributed by atoms with Crippen LogP contribution in [0.5, 0.6) is 0 Å². The van der Waals surface area contributed by atoms with E-state index in [1.807, 2.05) is 0 Å². The van der Waals surface area contributed by atoms with E-state index in [2.05, 4.69) is 29.8 Å². The maximum absolute atomic E-state index is 12.6. The van der Waals surface area contributed by atoms with Gasteiger partial charge in [-0.15, -0.1) is 0 Å². The minimum atomic E-state index is -0.615. The summed E-state index contributed by atoms with van der Waals surface area (Å²) in [6, 6.07) is 0. The van der Waals surface area contributed by atoms with Crippen molar-refractivity contribution in [1.82, 2.24) is 0 Å². The third-order valence-electron chi connectivity index (χ3n) is 9.75. The van der Waals surface area contributed by atoms with Gasteiger partial charge in [0.25, 0.3) is 0 Å². The average Bonchev–Trinajstić information content (AvgIpc) is 2.99. The van der Waals surface area contributed by atoms with Crippen molar-refractivity contribution in [2.45, 2.75) is 77.2 Å². The summed E-state index contributed by atoms with van der Waals surface area (Å²) in [5, 5.41) is 11.5. The fourth-order valence-corrected chi connectivity index (χ4v) is 8.74. The minimum Gasteiger partial charge on any atom is -0.387 e. The van der Waals surface area contributed by atoms with E-state index < -0.39 is 5.60 Å². The topological polar surface area (TPSA) is 46.5 Å². The largest absolute Gasteiger partial charge is 0.387 e. The molecule has 4 aliphatic rings. The first-order valence-corrected chi connectivity index (χ1v) is 12.2. The molecule has 8 atom stereocenters. The second kappa shape index (κ2) is 7.09. The van der Waals surface area contributed by atoms with Crippen LogP contribution in [0.1, 0.15) is 71.6 Å². The third kappa shape index (κ3) is 3.08. The number of ether oxygens (including phenoxy) is 1. The van der Waals surface area contributed by atoms with Gasteiger partial charge >= 0.3 is 0 Å². The Kier molecular flexibility index (Phi) is 5.34. The summed E-state index contributed by atoms with van der Waals surface area (Å²) in [5.74, 6) is 3.61. The Hall–Kier alpha value is 0.0700. The molecule has 0 bridgehead atoms. The highest BCUT2D eigenvalue weighted by molar-refractivity contribution is 9.09. The van der Waals surface area contributed by atoms with E-state index >= 15 is 0 Å². The van der Waals surface area contributed by atoms with Crippen LogP contribution >= 0.6 is 15.9 Å². The molecule has 154 valence electrons. The van der Waals surface area contributed by atoms with Gasteiger partial charge in [-0.3, -0.25) is 4.79 Å². The molecule has 0 heterocycles. The number of aliphatic hydroxyl groups is 1. The molecule has 1 N–H and O–H groups in total. The van der Waals surface area contributed by atoms with Crippen LogP contribution < -0.4 is 0 Å². The molecular weight excluding hydrogens is 404 g/mol. The molecular formula is C23H37BrO3. The number of hydrogen-bond donors (Lipinski definition) is 1. The van der Waals surface area contributed by atoms with Gasteiger partial charge in [-0.1, -0.05) is 29.8 Å². The Balaban J connectivity index is 1.55. The summed E-state index contributed by atoms with van der Waals surface area (Å²) in [5.41, 5.74) is -0.0297. The molecule has 0 saturated heterocycles. The fraction of sp³-hybridized carbons (Fsp3) is 0.957. The first-order chi connectivity index (χ1) is 12.8. The summed E-state index contributed by atoms with van der Waals surface area (Å²) >= 11 is 3.43. The van der Waals surface area contributed by atoms with Gasteiger partial charge in [-0.2, -0.15) is 0 Å². The lowest BCUT2D eigenvalue weighted by Gasteiger charge is -2.62. The molecule has 0 amide bonds. The number of halogens is 1. The fourth-order valence-electron chi connectivity index (χ4n) is 8.34. The van der Waals surface area contributed by atoms with Crippen molar-refractivity contribution in [3.05, 3.63) is 0 Å². The minimum absolute atomic E-state index is 0.223. The maximum atomic E-state index is 12.6. The van der Waals surface area contributed by atoms with Crippen LogP contribution in [0, 0.1) is 40.4 Å². The number of ketones is 1. The predicted molar refractivity (Wildman–Crippen MR) is 111 cm³/mol. The highest BCUT2D eigenvalue weighted by Gasteiger charge is 2.61. The van der Waals surface area contributed by atoms with Gasteiger partial charge in [0, 0.05) is 13.0 Å². The monoisotopic (exact) mass is 440 g/mol. The Bertz CT molecular complexity index is 594. The van der Waals surface area contributed by atoms with Crippen molar-refractivity contribution in [3.8, 4) is 0 Å². The lowest BCUT2D eigenvalue weighted by Crippen LogP contribution is -2.56. The standard InChI is InChI=1S/C23H37BrO3/c1-21-10-11-23(26,14-27-3)12-15(21)4-5-16-17-6-7-19(20(25)13-24)22(17,2)9-8-18(16)21/h15-19,26H,4-14H2,1-3H3/t15-,16+,17+,18+,19-,21+,22+,23?/m1/s1. The van der Waals surface area contributed by atoms with E-state index in [4.69, 9.17) is 4.74 Å². The van der Waals surface area contributed by atoms with Gasteiger partial charge < -0.3 is 9.84 Å². The van der Waals surface area contributed by atoms with Crippen molar-refractivity contribution >= 4 is 21.7 Å². The predicted octanol–water partition coefficient (Wildman–Crippen LogP) is 4.99. The zero-order valence-electron chi connectivity index (χ0n) is 17.3. The zero-order valence-corrected chi connectivity index (χ0v) is 18.9. The van der Waals surface area contributed by atoms with Gasteiger partial charge in [-0.25, -0.2) is 0 Å². The maximum Gasteiger partial charge on any atom is 0.147 e. The van der Waals surface area contributed by atoms with E-state index in [-0.39, 0.29) is 11.3 Å². The lowest BCUT2D eigenvalue weighted by molar-refractivity contribution is -0.163. The lowest BCUT2D eigenvalue weighted by atomic mass is 9.44. The van der Waals surface area contributed by atoms with Gasteiger partial charge in [0.1, 0.15) is 5.78 Å². The summed E-state index contributed by atoms with van der Waals surface area (Å²) in [6.45, 7) is 5.43. The molecule has 0 aromatic heterocycles. The van der Waals surface area contributed by atoms with Crippen molar-refractivity contribution in [2.75, 3.05) is 19.0 Å². The van der Waals surface area contributed by atoms with Crippen LogP contribution in [0.15, 0.2) is 0 Å². The van der Waals surface area contributed by atoms with Crippen LogP contribution in [0.25, 0.3) is 0 Å². The molecule has 3 nitrogen and oxygen atoms in total. The van der Waals surface area contributed by atoms with Gasteiger partial charge in [0.05, 0.1) is 17.5 Å². The first kappa shape index (κ1) is 20.3. The van der Waals surface area contributed by atoms with Gasteiger partial charge in [-0.05, 0) is 92.3 Å². The second-order valence-electron chi connectivity index (χ2n) is 10.8. The molecule has 27 heavy (non-hydrogen) atoms. The van der Waals surface area contributed by atoms with E-state index in [0.29, 0.717) is 29.1 Å². The third-order valence-corrected chi connectivity index (χ3v) is 10.3. The normalized spacial score (nSPS) is 52.0. The Morgan fingerprint density at radius 2 is 1.78 bits per heavy atom. The molecule has 4 aliphatic carbocycles.